The van der Waals surface area contributed by atoms with Gasteiger partial charge < -0.3 is 4.79 Å². The van der Waals surface area contributed by atoms with Gasteiger partial charge in [0, 0.05) is 5.92 Å². The molecule has 0 saturated carbocycles. The van der Waals surface area contributed by atoms with Crippen LogP contribution in [0.2, 0.25) is 0 Å². The number of hydrogen-bond donors (Lipinski definition) is 0. The van der Waals surface area contributed by atoms with Crippen molar-refractivity contribution in [1.82, 2.24) is 0 Å². The predicted molar refractivity (Wildman–Crippen MR) is 69.2 cm³/mol. The van der Waals surface area contributed by atoms with Crippen molar-refractivity contribution in [3.8, 4) is 0 Å². The van der Waals surface area contributed by atoms with Crippen LogP contribution in [0.4, 0.5) is 0 Å². The Labute approximate surface area is 98.9 Å². The molecule has 1 heteroatoms. The molecule has 0 aliphatic heterocycles. The summed E-state index contributed by atoms with van der Waals surface area (Å²) in [5.41, 5.74) is 3.03. The van der Waals surface area contributed by atoms with Gasteiger partial charge in [-0.1, -0.05) is 50.6 Å². The lowest BCUT2D eigenvalue weighted by Crippen LogP contribution is -2.18. The Balaban J connectivity index is 2.87. The monoisotopic (exact) mass is 218 g/mol. The van der Waals surface area contributed by atoms with Gasteiger partial charge in [0.25, 0.3) is 0 Å². The maximum atomic E-state index is 10.5. The van der Waals surface area contributed by atoms with E-state index < -0.39 is 0 Å². The number of carbonyl (C=O) groups is 1. The van der Waals surface area contributed by atoms with E-state index in [1.54, 1.807) is 0 Å². The zero-order valence-corrected chi connectivity index (χ0v) is 10.8. The highest BCUT2D eigenvalue weighted by molar-refractivity contribution is 5.56. The molecule has 0 aromatic carbocycles. The van der Waals surface area contributed by atoms with Crippen LogP contribution in [-0.2, 0) is 4.79 Å². The Bertz CT molecular complexity index is 342. The van der Waals surface area contributed by atoms with E-state index in [1.165, 1.54) is 24.0 Å². The standard InChI is InChI=1S/C15H22O/c1-12(11-16)7-5-9-14-13(2)8-6-10-15(14,3)4/h5,7-9,11-12H,6,10H2,1-4H3/b7-5+,14-9+. The zero-order chi connectivity index (χ0) is 12.2. The SMILES string of the molecule is CC1=CCCC(C)(C)/C1=C/C=C/C(C)C=O. The zero-order valence-electron chi connectivity index (χ0n) is 10.8. The van der Waals surface area contributed by atoms with E-state index in [-0.39, 0.29) is 11.3 Å². The van der Waals surface area contributed by atoms with Crippen LogP contribution in [0.5, 0.6) is 0 Å². The summed E-state index contributed by atoms with van der Waals surface area (Å²) < 4.78 is 0. The highest BCUT2D eigenvalue weighted by Crippen LogP contribution is 2.40. The Kier molecular flexibility index (Phi) is 4.28. The van der Waals surface area contributed by atoms with E-state index in [2.05, 4.69) is 32.9 Å². The molecule has 0 aromatic rings. The van der Waals surface area contributed by atoms with Crippen LogP contribution in [0.15, 0.2) is 35.5 Å². The summed E-state index contributed by atoms with van der Waals surface area (Å²) in [7, 11) is 0. The number of allylic oxidation sites excluding steroid dienone is 6. The average molecular weight is 218 g/mol. The topological polar surface area (TPSA) is 17.1 Å². The van der Waals surface area contributed by atoms with E-state index in [4.69, 9.17) is 0 Å². The van der Waals surface area contributed by atoms with E-state index >= 15 is 0 Å². The molecule has 1 aliphatic carbocycles. The van der Waals surface area contributed by atoms with E-state index in [0.29, 0.717) is 0 Å². The van der Waals surface area contributed by atoms with Gasteiger partial charge in [-0.25, -0.2) is 0 Å². The number of carbonyl (C=O) groups excluding carboxylic acids is 1. The molecule has 0 heterocycles. The van der Waals surface area contributed by atoms with E-state index in [9.17, 15) is 4.79 Å². The first kappa shape index (κ1) is 13.0. The third-order valence-corrected chi connectivity index (χ3v) is 3.27. The molecule has 0 fully saturated rings. The van der Waals surface area contributed by atoms with Crippen LogP contribution in [0, 0.1) is 11.3 Å². The maximum absolute atomic E-state index is 10.5. The van der Waals surface area contributed by atoms with Gasteiger partial charge in [0.05, 0.1) is 0 Å². The second-order valence-corrected chi connectivity index (χ2v) is 5.27. The summed E-state index contributed by atoms with van der Waals surface area (Å²) in [5, 5.41) is 0. The molecule has 1 atom stereocenters. The average Bonchev–Trinajstić information content (AvgIpc) is 2.21. The fourth-order valence-electron chi connectivity index (χ4n) is 2.16. The lowest BCUT2D eigenvalue weighted by Gasteiger charge is -2.32. The second kappa shape index (κ2) is 5.29. The first-order chi connectivity index (χ1) is 7.47. The smallest absolute Gasteiger partial charge is 0.126 e. The lowest BCUT2D eigenvalue weighted by atomic mass is 9.73. The molecule has 0 saturated heterocycles. The van der Waals surface area contributed by atoms with Gasteiger partial charge in [0.2, 0.25) is 0 Å². The Morgan fingerprint density at radius 3 is 2.69 bits per heavy atom. The maximum Gasteiger partial charge on any atom is 0.126 e. The predicted octanol–water partition coefficient (Wildman–Crippen LogP) is 4.07. The lowest BCUT2D eigenvalue weighted by molar-refractivity contribution is -0.109. The quantitative estimate of drug-likeness (QED) is 0.653. The third kappa shape index (κ3) is 3.19. The molecular weight excluding hydrogens is 196 g/mol. The number of hydrogen-bond acceptors (Lipinski definition) is 1. The van der Waals surface area contributed by atoms with Crippen molar-refractivity contribution in [3.63, 3.8) is 0 Å². The normalized spacial score (nSPS) is 24.5. The molecule has 1 unspecified atom stereocenters. The van der Waals surface area contributed by atoms with Crippen LogP contribution >= 0.6 is 0 Å². The Morgan fingerprint density at radius 1 is 1.44 bits per heavy atom. The summed E-state index contributed by atoms with van der Waals surface area (Å²) >= 11 is 0. The van der Waals surface area contributed by atoms with Crippen LogP contribution in [0.3, 0.4) is 0 Å². The van der Waals surface area contributed by atoms with E-state index in [1.807, 2.05) is 19.1 Å². The molecule has 0 amide bonds. The van der Waals surface area contributed by atoms with Crippen molar-refractivity contribution in [3.05, 3.63) is 35.5 Å². The van der Waals surface area contributed by atoms with Gasteiger partial charge in [-0.05, 0) is 30.8 Å². The van der Waals surface area contributed by atoms with Gasteiger partial charge in [0.15, 0.2) is 0 Å². The number of rotatable bonds is 3. The van der Waals surface area contributed by atoms with Crippen molar-refractivity contribution in [2.75, 3.05) is 0 Å². The largest absolute Gasteiger partial charge is 0.303 e. The molecule has 1 rings (SSSR count). The minimum Gasteiger partial charge on any atom is -0.303 e. The molecule has 16 heavy (non-hydrogen) atoms. The van der Waals surface area contributed by atoms with Crippen LogP contribution < -0.4 is 0 Å². The summed E-state index contributed by atoms with van der Waals surface area (Å²) in [6, 6.07) is 0. The van der Waals surface area contributed by atoms with E-state index in [0.717, 1.165) is 6.29 Å². The molecule has 0 bridgehead atoms. The van der Waals surface area contributed by atoms with Crippen molar-refractivity contribution in [2.45, 2.75) is 40.5 Å². The highest BCUT2D eigenvalue weighted by Gasteiger charge is 2.25. The highest BCUT2D eigenvalue weighted by atomic mass is 16.1. The van der Waals surface area contributed by atoms with Gasteiger partial charge in [-0.15, -0.1) is 0 Å². The van der Waals surface area contributed by atoms with Gasteiger partial charge >= 0.3 is 0 Å². The third-order valence-electron chi connectivity index (χ3n) is 3.27. The second-order valence-electron chi connectivity index (χ2n) is 5.27. The van der Waals surface area contributed by atoms with Crippen LogP contribution in [0.1, 0.15) is 40.5 Å². The van der Waals surface area contributed by atoms with Crippen molar-refractivity contribution >= 4 is 6.29 Å². The summed E-state index contributed by atoms with van der Waals surface area (Å²) in [6.45, 7) is 8.64. The molecule has 0 N–H and O–H groups in total. The van der Waals surface area contributed by atoms with Crippen LogP contribution in [0.25, 0.3) is 0 Å². The van der Waals surface area contributed by atoms with Gasteiger partial charge in [-0.2, -0.15) is 0 Å². The van der Waals surface area contributed by atoms with Crippen LogP contribution in [-0.4, -0.2) is 6.29 Å². The van der Waals surface area contributed by atoms with Crippen molar-refractivity contribution < 1.29 is 4.79 Å². The molecule has 0 spiro atoms. The summed E-state index contributed by atoms with van der Waals surface area (Å²) in [6.07, 6.45) is 11.7. The molecular formula is C15H22O. The van der Waals surface area contributed by atoms with Crippen molar-refractivity contribution in [2.24, 2.45) is 11.3 Å². The first-order valence-corrected chi connectivity index (χ1v) is 5.99. The fraction of sp³-hybridized carbons (Fsp3) is 0.533. The Hall–Kier alpha value is -1.11. The first-order valence-electron chi connectivity index (χ1n) is 5.99. The van der Waals surface area contributed by atoms with Gasteiger partial charge in [0.1, 0.15) is 6.29 Å². The summed E-state index contributed by atoms with van der Waals surface area (Å²) in [4.78, 5) is 10.5. The molecule has 1 nitrogen and oxygen atoms in total. The minimum absolute atomic E-state index is 0.00726. The molecule has 0 radical (unpaired) electrons. The molecule has 1 aliphatic rings. The van der Waals surface area contributed by atoms with Crippen molar-refractivity contribution in [1.29, 1.82) is 0 Å². The summed E-state index contributed by atoms with van der Waals surface area (Å²) in [5.74, 6) is 0.00726. The van der Waals surface area contributed by atoms with Gasteiger partial charge in [-0.3, -0.25) is 0 Å². The molecule has 88 valence electrons. The Morgan fingerprint density at radius 2 is 2.12 bits per heavy atom. The fourth-order valence-corrected chi connectivity index (χ4v) is 2.16. The minimum atomic E-state index is 0.00726. The molecule has 0 aromatic heterocycles. The number of aldehydes is 1.